The molecule has 0 heterocycles. The summed E-state index contributed by atoms with van der Waals surface area (Å²) in [5.74, 6) is -0.109. The second-order valence-corrected chi connectivity index (χ2v) is 5.32. The topological polar surface area (TPSA) is 55.1 Å². The van der Waals surface area contributed by atoms with Crippen molar-refractivity contribution >= 4 is 28.9 Å². The lowest BCUT2D eigenvalue weighted by molar-refractivity contribution is -0.115. The van der Waals surface area contributed by atoms with Gasteiger partial charge in [-0.15, -0.1) is 0 Å². The fourth-order valence-corrected chi connectivity index (χ4v) is 2.19. The summed E-state index contributed by atoms with van der Waals surface area (Å²) in [5.41, 5.74) is 10.2. The van der Waals surface area contributed by atoms with Crippen LogP contribution in [0.4, 0.5) is 11.4 Å². The van der Waals surface area contributed by atoms with Gasteiger partial charge in [0.1, 0.15) is 0 Å². The first kappa shape index (κ1) is 14.4. The molecule has 2 rings (SSSR count). The Kier molecular flexibility index (Phi) is 4.30. The monoisotopic (exact) mass is 288 g/mol. The lowest BCUT2D eigenvalue weighted by Crippen LogP contribution is -2.15. The smallest absolute Gasteiger partial charge is 0.228 e. The molecular weight excluding hydrogens is 272 g/mol. The zero-order chi connectivity index (χ0) is 14.7. The number of hydrogen-bond donors (Lipinski definition) is 2. The highest BCUT2D eigenvalue weighted by Gasteiger charge is 2.08. The van der Waals surface area contributed by atoms with Crippen LogP contribution >= 0.6 is 11.6 Å². The van der Waals surface area contributed by atoms with E-state index >= 15 is 0 Å². The summed E-state index contributed by atoms with van der Waals surface area (Å²) >= 11 is 5.90. The van der Waals surface area contributed by atoms with Crippen LogP contribution in [0.3, 0.4) is 0 Å². The third-order valence-corrected chi connectivity index (χ3v) is 3.43. The molecule has 0 unspecified atom stereocenters. The van der Waals surface area contributed by atoms with Gasteiger partial charge in [0.15, 0.2) is 0 Å². The van der Waals surface area contributed by atoms with Crippen LogP contribution in [0.2, 0.25) is 5.02 Å². The lowest BCUT2D eigenvalue weighted by Gasteiger charge is -2.11. The summed E-state index contributed by atoms with van der Waals surface area (Å²) in [4.78, 5) is 12.0. The number of carbonyl (C=O) groups is 1. The largest absolute Gasteiger partial charge is 0.397 e. The summed E-state index contributed by atoms with van der Waals surface area (Å²) in [6.45, 7) is 3.98. The van der Waals surface area contributed by atoms with Gasteiger partial charge in [-0.05, 0) is 54.8 Å². The minimum Gasteiger partial charge on any atom is -0.397 e. The van der Waals surface area contributed by atoms with Gasteiger partial charge >= 0.3 is 0 Å². The fourth-order valence-electron chi connectivity index (χ4n) is 1.97. The van der Waals surface area contributed by atoms with Gasteiger partial charge in [0.2, 0.25) is 5.91 Å². The highest BCUT2D eigenvalue weighted by atomic mass is 35.5. The summed E-state index contributed by atoms with van der Waals surface area (Å²) in [6.07, 6.45) is 0.271. The molecule has 0 bridgehead atoms. The second kappa shape index (κ2) is 5.97. The molecule has 4 heteroatoms. The van der Waals surface area contributed by atoms with Crippen molar-refractivity contribution in [2.75, 3.05) is 11.1 Å². The number of hydrogen-bond acceptors (Lipinski definition) is 2. The fraction of sp³-hybridized carbons (Fsp3) is 0.188. The zero-order valence-electron chi connectivity index (χ0n) is 11.5. The van der Waals surface area contributed by atoms with E-state index in [1.54, 1.807) is 12.1 Å². The Bertz CT molecular complexity index is 653. The summed E-state index contributed by atoms with van der Waals surface area (Å²) in [6, 6.07) is 11.0. The quantitative estimate of drug-likeness (QED) is 0.846. The Morgan fingerprint density at radius 2 is 1.90 bits per heavy atom. The van der Waals surface area contributed by atoms with E-state index in [1.165, 1.54) is 0 Å². The lowest BCUT2D eigenvalue weighted by atomic mass is 10.1. The van der Waals surface area contributed by atoms with Crippen molar-refractivity contribution in [2.45, 2.75) is 20.3 Å². The molecule has 0 atom stereocenters. The molecular formula is C16H17ClN2O. The molecule has 0 spiro atoms. The maximum atomic E-state index is 12.0. The molecule has 2 aromatic carbocycles. The van der Waals surface area contributed by atoms with Crippen molar-refractivity contribution in [3.05, 3.63) is 58.1 Å². The van der Waals surface area contributed by atoms with Crippen LogP contribution < -0.4 is 11.1 Å². The molecule has 0 aromatic heterocycles. The van der Waals surface area contributed by atoms with Gasteiger partial charge in [-0.25, -0.2) is 0 Å². The number of nitrogens with two attached hydrogens (primary N) is 1. The van der Waals surface area contributed by atoms with E-state index < -0.39 is 0 Å². The van der Waals surface area contributed by atoms with Crippen LogP contribution in [0.5, 0.6) is 0 Å². The number of anilines is 2. The van der Waals surface area contributed by atoms with E-state index in [0.29, 0.717) is 16.4 Å². The third-order valence-electron chi connectivity index (χ3n) is 3.19. The Labute approximate surface area is 123 Å². The van der Waals surface area contributed by atoms with Crippen molar-refractivity contribution in [1.82, 2.24) is 0 Å². The van der Waals surface area contributed by atoms with Crippen LogP contribution in [-0.2, 0) is 11.2 Å². The number of halogens is 1. The van der Waals surface area contributed by atoms with Gasteiger partial charge in [-0.1, -0.05) is 23.7 Å². The van der Waals surface area contributed by atoms with E-state index in [0.717, 1.165) is 16.7 Å². The third kappa shape index (κ3) is 3.52. The number of rotatable bonds is 3. The molecule has 2 aromatic rings. The molecule has 104 valence electrons. The molecule has 0 aliphatic heterocycles. The second-order valence-electron chi connectivity index (χ2n) is 4.88. The first-order valence-electron chi connectivity index (χ1n) is 6.36. The standard InChI is InChI=1S/C16H17ClN2O/c1-10-6-14(18)15(7-11(10)2)19-16(20)9-12-4-3-5-13(17)8-12/h3-8H,9,18H2,1-2H3,(H,19,20). The molecule has 0 saturated heterocycles. The Balaban J connectivity index is 2.10. The van der Waals surface area contributed by atoms with Crippen molar-refractivity contribution in [2.24, 2.45) is 0 Å². The van der Waals surface area contributed by atoms with E-state index in [-0.39, 0.29) is 12.3 Å². The number of amides is 1. The first-order valence-corrected chi connectivity index (χ1v) is 6.74. The van der Waals surface area contributed by atoms with Crippen LogP contribution in [0.1, 0.15) is 16.7 Å². The summed E-state index contributed by atoms with van der Waals surface area (Å²) in [5, 5.41) is 3.47. The van der Waals surface area contributed by atoms with Crippen LogP contribution in [0.15, 0.2) is 36.4 Å². The normalized spacial score (nSPS) is 10.3. The van der Waals surface area contributed by atoms with Gasteiger partial charge < -0.3 is 11.1 Å². The van der Waals surface area contributed by atoms with Crippen molar-refractivity contribution < 1.29 is 4.79 Å². The summed E-state index contributed by atoms with van der Waals surface area (Å²) in [7, 11) is 0. The van der Waals surface area contributed by atoms with E-state index in [2.05, 4.69) is 5.32 Å². The number of aryl methyl sites for hydroxylation is 2. The predicted octanol–water partition coefficient (Wildman–Crippen LogP) is 3.72. The number of nitrogen functional groups attached to an aromatic ring is 1. The Morgan fingerprint density at radius 3 is 2.60 bits per heavy atom. The number of benzene rings is 2. The minimum atomic E-state index is -0.109. The average molecular weight is 289 g/mol. The average Bonchev–Trinajstić information content (AvgIpc) is 2.36. The van der Waals surface area contributed by atoms with Gasteiger partial charge in [-0.2, -0.15) is 0 Å². The Hall–Kier alpha value is -2.00. The number of carbonyl (C=O) groups excluding carboxylic acids is 1. The highest BCUT2D eigenvalue weighted by molar-refractivity contribution is 6.30. The molecule has 3 nitrogen and oxygen atoms in total. The van der Waals surface area contributed by atoms with Crippen molar-refractivity contribution in [3.63, 3.8) is 0 Å². The minimum absolute atomic E-state index is 0.109. The van der Waals surface area contributed by atoms with Crippen LogP contribution in [-0.4, -0.2) is 5.91 Å². The molecule has 20 heavy (non-hydrogen) atoms. The van der Waals surface area contributed by atoms with Crippen LogP contribution in [0.25, 0.3) is 0 Å². The highest BCUT2D eigenvalue weighted by Crippen LogP contribution is 2.23. The van der Waals surface area contributed by atoms with Crippen molar-refractivity contribution in [1.29, 1.82) is 0 Å². The molecule has 1 amide bonds. The van der Waals surface area contributed by atoms with Gasteiger partial charge in [0.25, 0.3) is 0 Å². The van der Waals surface area contributed by atoms with E-state index in [1.807, 2.05) is 38.1 Å². The molecule has 0 radical (unpaired) electrons. The van der Waals surface area contributed by atoms with Crippen LogP contribution in [0, 0.1) is 13.8 Å². The maximum Gasteiger partial charge on any atom is 0.228 e. The zero-order valence-corrected chi connectivity index (χ0v) is 12.3. The molecule has 0 aliphatic rings. The van der Waals surface area contributed by atoms with Gasteiger partial charge in [0, 0.05) is 5.02 Å². The Morgan fingerprint density at radius 1 is 1.20 bits per heavy atom. The first-order chi connectivity index (χ1) is 9.45. The molecule has 0 fully saturated rings. The van der Waals surface area contributed by atoms with Crippen molar-refractivity contribution in [3.8, 4) is 0 Å². The summed E-state index contributed by atoms with van der Waals surface area (Å²) < 4.78 is 0. The van der Waals surface area contributed by atoms with E-state index in [9.17, 15) is 4.79 Å². The predicted molar refractivity (Wildman–Crippen MR) is 84.1 cm³/mol. The van der Waals surface area contributed by atoms with Gasteiger partial charge in [0.05, 0.1) is 17.8 Å². The molecule has 0 saturated carbocycles. The molecule has 3 N–H and O–H groups in total. The maximum absolute atomic E-state index is 12.0. The number of nitrogens with one attached hydrogen (secondary N) is 1. The SMILES string of the molecule is Cc1cc(N)c(NC(=O)Cc2cccc(Cl)c2)cc1C. The molecule has 0 aliphatic carbocycles. The van der Waals surface area contributed by atoms with E-state index in [4.69, 9.17) is 17.3 Å². The van der Waals surface area contributed by atoms with Gasteiger partial charge in [-0.3, -0.25) is 4.79 Å².